The van der Waals surface area contributed by atoms with Crippen LogP contribution >= 0.6 is 0 Å². The number of amides is 2. The third-order valence-corrected chi connectivity index (χ3v) is 3.37. The lowest BCUT2D eigenvalue weighted by atomic mass is 10.2. The number of nitrogens with zero attached hydrogens (tertiary/aromatic N) is 1. The third kappa shape index (κ3) is 4.49. The molecule has 0 aromatic heterocycles. The van der Waals surface area contributed by atoms with Crippen LogP contribution in [0.4, 0.5) is 11.4 Å². The van der Waals surface area contributed by atoms with Gasteiger partial charge in [0.15, 0.2) is 18.1 Å². The molecule has 0 radical (unpaired) electrons. The highest BCUT2D eigenvalue weighted by molar-refractivity contribution is 5.94. The predicted molar refractivity (Wildman–Crippen MR) is 92.6 cm³/mol. The van der Waals surface area contributed by atoms with E-state index in [1.54, 1.807) is 50.6 Å². The molecule has 0 aliphatic carbocycles. The number of likely N-dealkylation sites (N-methyl/N-ethyl adjacent to an activating group) is 1. The summed E-state index contributed by atoms with van der Waals surface area (Å²) in [7, 11) is 3.22. The molecule has 0 saturated heterocycles. The predicted octanol–water partition coefficient (Wildman–Crippen LogP) is 2.70. The van der Waals surface area contributed by atoms with Crippen molar-refractivity contribution < 1.29 is 19.1 Å². The van der Waals surface area contributed by atoms with Crippen LogP contribution in [0.3, 0.4) is 0 Å². The number of hydrogen-bond acceptors (Lipinski definition) is 4. The smallest absolute Gasteiger partial charge is 0.264 e. The van der Waals surface area contributed by atoms with Crippen LogP contribution in [0, 0.1) is 0 Å². The Bertz CT molecular complexity index is 713. The van der Waals surface area contributed by atoms with Crippen molar-refractivity contribution in [2.45, 2.75) is 6.92 Å². The first-order valence-electron chi connectivity index (χ1n) is 7.41. The average Bonchev–Trinajstić information content (AvgIpc) is 2.59. The summed E-state index contributed by atoms with van der Waals surface area (Å²) >= 11 is 0. The molecule has 0 saturated carbocycles. The first kappa shape index (κ1) is 17.3. The molecule has 2 rings (SSSR count). The number of ether oxygens (including phenoxy) is 2. The summed E-state index contributed by atoms with van der Waals surface area (Å²) < 4.78 is 10.7. The molecule has 2 aromatic carbocycles. The summed E-state index contributed by atoms with van der Waals surface area (Å²) in [6.45, 7) is 1.34. The van der Waals surface area contributed by atoms with E-state index < -0.39 is 0 Å². The van der Waals surface area contributed by atoms with Gasteiger partial charge in [-0.2, -0.15) is 0 Å². The van der Waals surface area contributed by atoms with Crippen LogP contribution in [-0.4, -0.2) is 32.6 Å². The van der Waals surface area contributed by atoms with Crippen LogP contribution in [0.1, 0.15) is 6.92 Å². The van der Waals surface area contributed by atoms with Crippen LogP contribution in [0.2, 0.25) is 0 Å². The molecule has 0 aliphatic rings. The standard InChI is InChI=1S/C18H20N2O4/c1-13(21)19-14-8-10-15(11-9-14)20(2)18(22)12-24-17-7-5-4-6-16(17)23-3/h4-11H,12H2,1-3H3,(H,19,21). The van der Waals surface area contributed by atoms with Gasteiger partial charge in [0.1, 0.15) is 0 Å². The first-order valence-corrected chi connectivity index (χ1v) is 7.41. The number of hydrogen-bond donors (Lipinski definition) is 1. The fraction of sp³-hybridized carbons (Fsp3) is 0.222. The highest BCUT2D eigenvalue weighted by atomic mass is 16.5. The van der Waals surface area contributed by atoms with Gasteiger partial charge in [0.25, 0.3) is 5.91 Å². The maximum atomic E-state index is 12.3. The van der Waals surface area contributed by atoms with E-state index in [9.17, 15) is 9.59 Å². The Hall–Kier alpha value is -3.02. The summed E-state index contributed by atoms with van der Waals surface area (Å²) in [6.07, 6.45) is 0. The summed E-state index contributed by atoms with van der Waals surface area (Å²) in [6, 6.07) is 14.1. The Labute approximate surface area is 141 Å². The van der Waals surface area contributed by atoms with E-state index in [2.05, 4.69) is 5.32 Å². The lowest BCUT2D eigenvalue weighted by Crippen LogP contribution is -2.31. The van der Waals surface area contributed by atoms with Gasteiger partial charge in [0.2, 0.25) is 5.91 Å². The molecule has 126 valence electrons. The second-order valence-corrected chi connectivity index (χ2v) is 5.12. The number of methoxy groups -OCH3 is 1. The van der Waals surface area contributed by atoms with E-state index >= 15 is 0 Å². The minimum atomic E-state index is -0.201. The second-order valence-electron chi connectivity index (χ2n) is 5.12. The van der Waals surface area contributed by atoms with Crippen molar-refractivity contribution in [3.05, 3.63) is 48.5 Å². The zero-order valence-corrected chi connectivity index (χ0v) is 13.9. The Morgan fingerprint density at radius 2 is 1.67 bits per heavy atom. The number of para-hydroxylation sites is 2. The number of rotatable bonds is 6. The van der Waals surface area contributed by atoms with Crippen molar-refractivity contribution in [1.29, 1.82) is 0 Å². The van der Waals surface area contributed by atoms with E-state index in [4.69, 9.17) is 9.47 Å². The van der Waals surface area contributed by atoms with Gasteiger partial charge in [0.05, 0.1) is 7.11 Å². The van der Waals surface area contributed by atoms with Gasteiger partial charge in [0, 0.05) is 25.3 Å². The minimum Gasteiger partial charge on any atom is -0.493 e. The van der Waals surface area contributed by atoms with Gasteiger partial charge in [-0.25, -0.2) is 0 Å². The largest absolute Gasteiger partial charge is 0.493 e. The Morgan fingerprint density at radius 3 is 2.25 bits per heavy atom. The van der Waals surface area contributed by atoms with E-state index in [0.717, 1.165) is 0 Å². The molecule has 24 heavy (non-hydrogen) atoms. The van der Waals surface area contributed by atoms with Crippen molar-refractivity contribution in [2.24, 2.45) is 0 Å². The van der Waals surface area contributed by atoms with E-state index in [1.807, 2.05) is 12.1 Å². The third-order valence-electron chi connectivity index (χ3n) is 3.37. The van der Waals surface area contributed by atoms with Crippen LogP contribution in [0.15, 0.2) is 48.5 Å². The molecule has 2 amide bonds. The van der Waals surface area contributed by atoms with Crippen molar-refractivity contribution in [2.75, 3.05) is 31.0 Å². The molecule has 0 atom stereocenters. The number of benzene rings is 2. The number of carbonyl (C=O) groups excluding carboxylic acids is 2. The lowest BCUT2D eigenvalue weighted by molar-refractivity contribution is -0.120. The Kier molecular flexibility index (Phi) is 5.78. The minimum absolute atomic E-state index is 0.107. The first-order chi connectivity index (χ1) is 11.5. The molecule has 6 heteroatoms. The molecular weight excluding hydrogens is 308 g/mol. The van der Waals surface area contributed by atoms with Gasteiger partial charge >= 0.3 is 0 Å². The molecule has 0 spiro atoms. The molecule has 0 bridgehead atoms. The summed E-state index contributed by atoms with van der Waals surface area (Å²) in [5.41, 5.74) is 1.38. The topological polar surface area (TPSA) is 67.9 Å². The maximum Gasteiger partial charge on any atom is 0.264 e. The monoisotopic (exact) mass is 328 g/mol. The van der Waals surface area contributed by atoms with Gasteiger partial charge in [-0.05, 0) is 36.4 Å². The Balaban J connectivity index is 1.97. The maximum absolute atomic E-state index is 12.3. The van der Waals surface area contributed by atoms with Crippen molar-refractivity contribution in [1.82, 2.24) is 0 Å². The summed E-state index contributed by atoms with van der Waals surface area (Å²) in [5, 5.41) is 2.68. The summed E-state index contributed by atoms with van der Waals surface area (Å²) in [4.78, 5) is 24.8. The van der Waals surface area contributed by atoms with Crippen molar-refractivity contribution in [3.8, 4) is 11.5 Å². The van der Waals surface area contributed by atoms with Crippen LogP contribution < -0.4 is 19.7 Å². The molecule has 0 aliphatic heterocycles. The van der Waals surface area contributed by atoms with E-state index in [-0.39, 0.29) is 18.4 Å². The molecule has 0 fully saturated rings. The van der Waals surface area contributed by atoms with Crippen molar-refractivity contribution in [3.63, 3.8) is 0 Å². The normalized spacial score (nSPS) is 9.96. The molecule has 0 unspecified atom stereocenters. The van der Waals surface area contributed by atoms with Crippen LogP contribution in [-0.2, 0) is 9.59 Å². The highest BCUT2D eigenvalue weighted by Crippen LogP contribution is 2.26. The fourth-order valence-electron chi connectivity index (χ4n) is 2.09. The molecule has 6 nitrogen and oxygen atoms in total. The van der Waals surface area contributed by atoms with Gasteiger partial charge in [-0.3, -0.25) is 9.59 Å². The van der Waals surface area contributed by atoms with Gasteiger partial charge in [-0.1, -0.05) is 12.1 Å². The van der Waals surface area contributed by atoms with Crippen molar-refractivity contribution >= 4 is 23.2 Å². The van der Waals surface area contributed by atoms with E-state index in [0.29, 0.717) is 22.9 Å². The zero-order chi connectivity index (χ0) is 17.5. The fourth-order valence-corrected chi connectivity index (χ4v) is 2.09. The van der Waals surface area contributed by atoms with Crippen LogP contribution in [0.25, 0.3) is 0 Å². The molecule has 2 aromatic rings. The van der Waals surface area contributed by atoms with Crippen LogP contribution in [0.5, 0.6) is 11.5 Å². The number of anilines is 2. The number of nitrogens with one attached hydrogen (secondary N) is 1. The second kappa shape index (κ2) is 8.01. The van der Waals surface area contributed by atoms with Gasteiger partial charge in [-0.15, -0.1) is 0 Å². The highest BCUT2D eigenvalue weighted by Gasteiger charge is 2.13. The summed E-state index contributed by atoms with van der Waals surface area (Å²) in [5.74, 6) is 0.751. The SMILES string of the molecule is COc1ccccc1OCC(=O)N(C)c1ccc(NC(C)=O)cc1. The molecular formula is C18H20N2O4. The lowest BCUT2D eigenvalue weighted by Gasteiger charge is -2.18. The molecule has 0 heterocycles. The van der Waals surface area contributed by atoms with Gasteiger partial charge < -0.3 is 19.7 Å². The number of carbonyl (C=O) groups is 2. The average molecular weight is 328 g/mol. The quantitative estimate of drug-likeness (QED) is 0.885. The Morgan fingerprint density at radius 1 is 1.04 bits per heavy atom. The molecule has 1 N–H and O–H groups in total. The van der Waals surface area contributed by atoms with E-state index in [1.165, 1.54) is 11.8 Å². The zero-order valence-electron chi connectivity index (χ0n) is 13.9.